The molecule has 8 heteroatoms. The number of hydrogen-bond donors (Lipinski definition) is 1. The van der Waals surface area contributed by atoms with Crippen molar-refractivity contribution in [2.45, 2.75) is 19.8 Å². The van der Waals surface area contributed by atoms with E-state index >= 15 is 0 Å². The van der Waals surface area contributed by atoms with E-state index in [4.69, 9.17) is 9.72 Å². The van der Waals surface area contributed by atoms with Gasteiger partial charge in [0.25, 0.3) is 0 Å². The number of carbonyl (C=O) groups is 1. The molecule has 0 saturated carbocycles. The number of rotatable bonds is 0. The van der Waals surface area contributed by atoms with Crippen LogP contribution in [0.15, 0.2) is 36.9 Å². The van der Waals surface area contributed by atoms with Gasteiger partial charge in [0.05, 0.1) is 19.0 Å². The number of pyridine rings is 1. The Labute approximate surface area is 157 Å². The monoisotopic (exact) mass is 366 g/mol. The second kappa shape index (κ2) is 7.61. The Balaban J connectivity index is 1.67. The normalized spacial score (nSPS) is 15.4. The third-order valence-corrected chi connectivity index (χ3v) is 4.59. The van der Waals surface area contributed by atoms with Crippen molar-refractivity contribution in [2.24, 2.45) is 0 Å². The van der Waals surface area contributed by atoms with Crippen molar-refractivity contribution in [2.75, 3.05) is 31.6 Å². The van der Waals surface area contributed by atoms with Crippen LogP contribution in [0.1, 0.15) is 19.8 Å². The van der Waals surface area contributed by atoms with Gasteiger partial charge >= 0.3 is 0 Å². The van der Waals surface area contributed by atoms with Gasteiger partial charge in [0, 0.05) is 50.1 Å². The first kappa shape index (κ1) is 17.3. The zero-order valence-electron chi connectivity index (χ0n) is 15.3. The van der Waals surface area contributed by atoms with E-state index in [1.54, 1.807) is 30.0 Å². The van der Waals surface area contributed by atoms with E-state index in [1.807, 2.05) is 23.2 Å². The molecule has 1 aliphatic heterocycles. The van der Waals surface area contributed by atoms with Gasteiger partial charge in [-0.3, -0.25) is 9.78 Å². The summed E-state index contributed by atoms with van der Waals surface area (Å²) in [5.41, 5.74) is 2.58. The molecule has 3 aromatic heterocycles. The smallest absolute Gasteiger partial charge is 0.219 e. The highest BCUT2D eigenvalue weighted by Crippen LogP contribution is 2.26. The summed E-state index contributed by atoms with van der Waals surface area (Å²) in [7, 11) is 0. The summed E-state index contributed by atoms with van der Waals surface area (Å²) in [5, 5.41) is 7.71. The molecular weight excluding hydrogens is 344 g/mol. The summed E-state index contributed by atoms with van der Waals surface area (Å²) in [6.07, 6.45) is 8.78. The molecule has 0 unspecified atom stereocenters. The Hall–Kier alpha value is -3.16. The summed E-state index contributed by atoms with van der Waals surface area (Å²) < 4.78 is 7.59. The number of nitrogens with one attached hydrogen (secondary N) is 1. The first-order valence-corrected chi connectivity index (χ1v) is 9.13. The fourth-order valence-electron chi connectivity index (χ4n) is 3.17. The van der Waals surface area contributed by atoms with Gasteiger partial charge < -0.3 is 15.0 Å². The van der Waals surface area contributed by atoms with Gasteiger partial charge in [-0.1, -0.05) is 0 Å². The van der Waals surface area contributed by atoms with Crippen LogP contribution < -0.4 is 10.1 Å². The summed E-state index contributed by atoms with van der Waals surface area (Å²) in [6, 6.07) is 3.84. The van der Waals surface area contributed by atoms with Crippen molar-refractivity contribution in [3.8, 4) is 16.9 Å². The molecule has 0 atom stereocenters. The van der Waals surface area contributed by atoms with Crippen molar-refractivity contribution in [3.05, 3.63) is 36.9 Å². The second-order valence-corrected chi connectivity index (χ2v) is 6.54. The maximum atomic E-state index is 11.8. The van der Waals surface area contributed by atoms with Crippen LogP contribution in [-0.4, -0.2) is 56.6 Å². The van der Waals surface area contributed by atoms with Crippen molar-refractivity contribution >= 4 is 17.4 Å². The predicted octanol–water partition coefficient (Wildman–Crippen LogP) is 2.22. The Morgan fingerprint density at radius 1 is 1.22 bits per heavy atom. The minimum atomic E-state index is 0.0863. The highest BCUT2D eigenvalue weighted by molar-refractivity contribution is 5.77. The molecule has 4 rings (SSSR count). The van der Waals surface area contributed by atoms with Crippen molar-refractivity contribution in [1.29, 1.82) is 0 Å². The lowest BCUT2D eigenvalue weighted by Gasteiger charge is -2.21. The summed E-state index contributed by atoms with van der Waals surface area (Å²) in [4.78, 5) is 22.7. The minimum Gasteiger partial charge on any atom is -0.492 e. The van der Waals surface area contributed by atoms with Crippen molar-refractivity contribution in [3.63, 3.8) is 0 Å². The van der Waals surface area contributed by atoms with E-state index in [-0.39, 0.29) is 5.91 Å². The average molecular weight is 366 g/mol. The number of anilines is 1. The highest BCUT2D eigenvalue weighted by Gasteiger charge is 2.12. The first-order chi connectivity index (χ1) is 13.2. The van der Waals surface area contributed by atoms with Crippen LogP contribution in [-0.2, 0) is 4.79 Å². The van der Waals surface area contributed by atoms with Crippen molar-refractivity contribution in [1.82, 2.24) is 24.5 Å². The molecule has 27 heavy (non-hydrogen) atoms. The molecular formula is C19H22N6O2. The van der Waals surface area contributed by atoms with E-state index in [2.05, 4.69) is 15.4 Å². The molecule has 140 valence electrons. The Morgan fingerprint density at radius 2 is 2.11 bits per heavy atom. The summed E-state index contributed by atoms with van der Waals surface area (Å²) >= 11 is 0. The van der Waals surface area contributed by atoms with E-state index < -0.39 is 0 Å². The largest absolute Gasteiger partial charge is 0.492 e. The van der Waals surface area contributed by atoms with Crippen LogP contribution in [0, 0.1) is 0 Å². The molecule has 3 aromatic rings. The van der Waals surface area contributed by atoms with Gasteiger partial charge in [-0.15, -0.1) is 0 Å². The molecule has 1 amide bonds. The lowest BCUT2D eigenvalue weighted by atomic mass is 10.1. The Morgan fingerprint density at radius 3 is 3.00 bits per heavy atom. The lowest BCUT2D eigenvalue weighted by Crippen LogP contribution is -2.32. The molecule has 0 spiro atoms. The van der Waals surface area contributed by atoms with E-state index in [0.717, 1.165) is 42.0 Å². The lowest BCUT2D eigenvalue weighted by molar-refractivity contribution is -0.129. The molecule has 0 aliphatic carbocycles. The molecule has 4 bridgehead atoms. The number of nitrogens with zero attached hydrogens (tertiary/aromatic N) is 5. The molecule has 0 aromatic carbocycles. The number of carbonyl (C=O) groups excluding carboxylic acids is 1. The zero-order valence-corrected chi connectivity index (χ0v) is 15.3. The standard InChI is InChI=1S/C19H22N6O2/c1-14(26)24-6-2-5-21-18-4-8-25-19(23-18)17(13-22-25)15-10-16(12-20-11-15)27-9-3-7-24/h4,8,10-13H,2-3,5-7,9H2,1H3,(H,21,23). The van der Waals surface area contributed by atoms with Crippen LogP contribution in [0.25, 0.3) is 16.8 Å². The van der Waals surface area contributed by atoms with Gasteiger partial charge in [-0.2, -0.15) is 5.10 Å². The molecule has 8 nitrogen and oxygen atoms in total. The van der Waals surface area contributed by atoms with Crippen molar-refractivity contribution < 1.29 is 9.53 Å². The maximum Gasteiger partial charge on any atom is 0.219 e. The van der Waals surface area contributed by atoms with Gasteiger partial charge in [0.15, 0.2) is 5.65 Å². The molecule has 0 saturated heterocycles. The van der Waals surface area contributed by atoms with E-state index in [0.29, 0.717) is 25.4 Å². The van der Waals surface area contributed by atoms with E-state index in [1.165, 1.54) is 0 Å². The number of fused-ring (bicyclic) bond motifs is 4. The SMILES string of the molecule is CC(=O)N1CCCNc2ccn3ncc(c3n2)-c2cncc(c2)OCCC1. The summed E-state index contributed by atoms with van der Waals surface area (Å²) in [5.74, 6) is 1.57. The second-order valence-electron chi connectivity index (χ2n) is 6.54. The zero-order chi connectivity index (χ0) is 18.6. The fraction of sp³-hybridized carbons (Fsp3) is 0.368. The molecule has 0 fully saturated rings. The topological polar surface area (TPSA) is 84.7 Å². The molecule has 0 radical (unpaired) electrons. The minimum absolute atomic E-state index is 0.0863. The van der Waals surface area contributed by atoms with Gasteiger partial charge in [-0.05, 0) is 25.0 Å². The average Bonchev–Trinajstić information content (AvgIpc) is 3.09. The van der Waals surface area contributed by atoms with E-state index in [9.17, 15) is 4.79 Å². The van der Waals surface area contributed by atoms with Crippen LogP contribution in [0.5, 0.6) is 5.75 Å². The highest BCUT2D eigenvalue weighted by atomic mass is 16.5. The number of aromatic nitrogens is 4. The van der Waals surface area contributed by atoms with Gasteiger partial charge in [-0.25, -0.2) is 9.50 Å². The quantitative estimate of drug-likeness (QED) is 0.657. The van der Waals surface area contributed by atoms with Crippen LogP contribution in [0.2, 0.25) is 0 Å². The molecule has 1 N–H and O–H groups in total. The van der Waals surface area contributed by atoms with Crippen LogP contribution in [0.3, 0.4) is 0 Å². The number of hydrogen-bond acceptors (Lipinski definition) is 6. The fourth-order valence-corrected chi connectivity index (χ4v) is 3.17. The first-order valence-electron chi connectivity index (χ1n) is 9.13. The van der Waals surface area contributed by atoms with Gasteiger partial charge in [0.1, 0.15) is 11.6 Å². The third kappa shape index (κ3) is 3.84. The Kier molecular flexibility index (Phi) is 4.86. The van der Waals surface area contributed by atoms with Gasteiger partial charge in [0.2, 0.25) is 5.91 Å². The van der Waals surface area contributed by atoms with Crippen LogP contribution in [0.4, 0.5) is 5.82 Å². The maximum absolute atomic E-state index is 11.8. The third-order valence-electron chi connectivity index (χ3n) is 4.59. The Bertz CT molecular complexity index is 954. The molecule has 1 aliphatic rings. The number of amides is 1. The number of ether oxygens (including phenoxy) is 1. The predicted molar refractivity (Wildman–Crippen MR) is 102 cm³/mol. The van der Waals surface area contributed by atoms with Crippen LogP contribution >= 0.6 is 0 Å². The summed E-state index contributed by atoms with van der Waals surface area (Å²) in [6.45, 7) is 4.27. The molecule has 4 heterocycles.